The summed E-state index contributed by atoms with van der Waals surface area (Å²) in [5.74, 6) is 0.838. The lowest BCUT2D eigenvalue weighted by atomic mass is 10.1. The standard InChI is InChI=1S/C14H29N3O/c1-4-6-8-15-14(18)12(3)16-10-13-7-9-17(5-2)11-13/h12-13,16H,4-11H2,1-3H3,(H,15,18). The molecule has 1 aliphatic rings. The van der Waals surface area contributed by atoms with Gasteiger partial charge in [0.05, 0.1) is 6.04 Å². The van der Waals surface area contributed by atoms with Crippen LogP contribution in [-0.2, 0) is 4.79 Å². The zero-order valence-corrected chi connectivity index (χ0v) is 12.2. The molecule has 0 radical (unpaired) electrons. The highest BCUT2D eigenvalue weighted by molar-refractivity contribution is 5.81. The van der Waals surface area contributed by atoms with Crippen molar-refractivity contribution >= 4 is 5.91 Å². The lowest BCUT2D eigenvalue weighted by Gasteiger charge is -2.17. The molecular formula is C14H29N3O. The van der Waals surface area contributed by atoms with E-state index < -0.39 is 0 Å². The predicted octanol–water partition coefficient (Wildman–Crippen LogP) is 1.22. The zero-order valence-electron chi connectivity index (χ0n) is 12.2. The molecule has 18 heavy (non-hydrogen) atoms. The van der Waals surface area contributed by atoms with Crippen molar-refractivity contribution in [2.24, 2.45) is 5.92 Å². The van der Waals surface area contributed by atoms with Gasteiger partial charge in [-0.2, -0.15) is 0 Å². The van der Waals surface area contributed by atoms with Gasteiger partial charge in [-0.25, -0.2) is 0 Å². The van der Waals surface area contributed by atoms with Crippen LogP contribution in [0.4, 0.5) is 0 Å². The van der Waals surface area contributed by atoms with Crippen LogP contribution < -0.4 is 10.6 Å². The largest absolute Gasteiger partial charge is 0.355 e. The average Bonchev–Trinajstić information content (AvgIpc) is 2.84. The van der Waals surface area contributed by atoms with Crippen LogP contribution in [0, 0.1) is 5.92 Å². The molecule has 0 spiro atoms. The van der Waals surface area contributed by atoms with Crippen molar-refractivity contribution < 1.29 is 4.79 Å². The Morgan fingerprint density at radius 2 is 2.22 bits per heavy atom. The minimum Gasteiger partial charge on any atom is -0.355 e. The van der Waals surface area contributed by atoms with Gasteiger partial charge in [0.2, 0.25) is 5.91 Å². The molecule has 1 rings (SSSR count). The molecule has 2 N–H and O–H groups in total. The third kappa shape index (κ3) is 5.36. The van der Waals surface area contributed by atoms with Gasteiger partial charge in [0.25, 0.3) is 0 Å². The van der Waals surface area contributed by atoms with E-state index in [2.05, 4.69) is 29.4 Å². The number of hydrogen-bond acceptors (Lipinski definition) is 3. The molecule has 0 aromatic carbocycles. The number of unbranched alkanes of at least 4 members (excludes halogenated alkanes) is 1. The first-order valence-corrected chi connectivity index (χ1v) is 7.40. The highest BCUT2D eigenvalue weighted by Crippen LogP contribution is 2.14. The zero-order chi connectivity index (χ0) is 13.4. The molecular weight excluding hydrogens is 226 g/mol. The second-order valence-electron chi connectivity index (χ2n) is 5.32. The molecule has 0 bridgehead atoms. The summed E-state index contributed by atoms with van der Waals surface area (Å²) in [6.45, 7) is 11.6. The molecule has 4 nitrogen and oxygen atoms in total. The van der Waals surface area contributed by atoms with E-state index in [0.717, 1.165) is 32.5 Å². The fraction of sp³-hybridized carbons (Fsp3) is 0.929. The van der Waals surface area contributed by atoms with Crippen LogP contribution in [0.1, 0.15) is 40.0 Å². The number of amides is 1. The molecule has 1 heterocycles. The van der Waals surface area contributed by atoms with Crippen molar-refractivity contribution in [3.63, 3.8) is 0 Å². The van der Waals surface area contributed by atoms with E-state index in [-0.39, 0.29) is 11.9 Å². The minimum atomic E-state index is -0.0717. The molecule has 2 unspecified atom stereocenters. The normalized spacial score (nSPS) is 22.1. The van der Waals surface area contributed by atoms with E-state index >= 15 is 0 Å². The first-order valence-electron chi connectivity index (χ1n) is 7.40. The predicted molar refractivity (Wildman–Crippen MR) is 75.6 cm³/mol. The van der Waals surface area contributed by atoms with Gasteiger partial charge in [0.1, 0.15) is 0 Å². The summed E-state index contributed by atoms with van der Waals surface area (Å²) in [4.78, 5) is 14.2. The quantitative estimate of drug-likeness (QED) is 0.641. The Morgan fingerprint density at radius 3 is 2.83 bits per heavy atom. The topological polar surface area (TPSA) is 44.4 Å². The van der Waals surface area contributed by atoms with Gasteiger partial charge in [-0.1, -0.05) is 20.3 Å². The van der Waals surface area contributed by atoms with E-state index in [1.165, 1.54) is 19.5 Å². The van der Waals surface area contributed by atoms with Crippen LogP contribution in [0.3, 0.4) is 0 Å². The number of rotatable bonds is 8. The van der Waals surface area contributed by atoms with Crippen LogP contribution in [0.15, 0.2) is 0 Å². The summed E-state index contributed by atoms with van der Waals surface area (Å²) in [5, 5.41) is 6.32. The molecule has 4 heteroatoms. The molecule has 0 aromatic rings. The van der Waals surface area contributed by atoms with Crippen molar-refractivity contribution in [3.05, 3.63) is 0 Å². The number of carbonyl (C=O) groups excluding carboxylic acids is 1. The molecule has 0 aromatic heterocycles. The van der Waals surface area contributed by atoms with Crippen molar-refractivity contribution in [2.75, 3.05) is 32.7 Å². The molecule has 106 valence electrons. The van der Waals surface area contributed by atoms with E-state index in [9.17, 15) is 4.79 Å². The minimum absolute atomic E-state index is 0.0717. The molecule has 1 amide bonds. The summed E-state index contributed by atoms with van der Waals surface area (Å²) in [7, 11) is 0. The SMILES string of the molecule is CCCCNC(=O)C(C)NCC1CCN(CC)C1. The Hall–Kier alpha value is -0.610. The Labute approximate surface area is 111 Å². The number of hydrogen-bond donors (Lipinski definition) is 2. The molecule has 0 saturated carbocycles. The van der Waals surface area contributed by atoms with E-state index in [1.807, 2.05) is 6.92 Å². The second-order valence-corrected chi connectivity index (χ2v) is 5.32. The second kappa shape index (κ2) is 8.48. The van der Waals surface area contributed by atoms with Crippen LogP contribution in [0.5, 0.6) is 0 Å². The molecule has 2 atom stereocenters. The van der Waals surface area contributed by atoms with E-state index in [4.69, 9.17) is 0 Å². The third-order valence-corrected chi connectivity index (χ3v) is 3.75. The summed E-state index contributed by atoms with van der Waals surface area (Å²) >= 11 is 0. The number of likely N-dealkylation sites (tertiary alicyclic amines) is 1. The molecule has 0 aliphatic carbocycles. The number of nitrogens with one attached hydrogen (secondary N) is 2. The van der Waals surface area contributed by atoms with Crippen molar-refractivity contribution in [1.82, 2.24) is 15.5 Å². The Bertz CT molecular complexity index is 245. The molecule has 1 aliphatic heterocycles. The Balaban J connectivity index is 2.12. The van der Waals surface area contributed by atoms with Crippen LogP contribution in [0.25, 0.3) is 0 Å². The van der Waals surface area contributed by atoms with Gasteiger partial charge >= 0.3 is 0 Å². The van der Waals surface area contributed by atoms with Crippen LogP contribution >= 0.6 is 0 Å². The number of nitrogens with zero attached hydrogens (tertiary/aromatic N) is 1. The first kappa shape index (κ1) is 15.4. The van der Waals surface area contributed by atoms with Crippen molar-refractivity contribution in [2.45, 2.75) is 46.1 Å². The monoisotopic (exact) mass is 255 g/mol. The fourth-order valence-corrected chi connectivity index (χ4v) is 2.34. The molecule has 1 saturated heterocycles. The van der Waals surface area contributed by atoms with Crippen molar-refractivity contribution in [1.29, 1.82) is 0 Å². The summed E-state index contributed by atoms with van der Waals surface area (Å²) in [6, 6.07) is -0.0717. The van der Waals surface area contributed by atoms with Gasteiger partial charge < -0.3 is 15.5 Å². The lowest BCUT2D eigenvalue weighted by molar-refractivity contribution is -0.122. The Morgan fingerprint density at radius 1 is 1.44 bits per heavy atom. The number of carbonyl (C=O) groups is 1. The third-order valence-electron chi connectivity index (χ3n) is 3.75. The summed E-state index contributed by atoms with van der Waals surface area (Å²) < 4.78 is 0. The highest BCUT2D eigenvalue weighted by Gasteiger charge is 2.22. The maximum absolute atomic E-state index is 11.8. The summed E-state index contributed by atoms with van der Waals surface area (Å²) in [6.07, 6.45) is 3.44. The summed E-state index contributed by atoms with van der Waals surface area (Å²) in [5.41, 5.74) is 0. The maximum atomic E-state index is 11.8. The fourth-order valence-electron chi connectivity index (χ4n) is 2.34. The highest BCUT2D eigenvalue weighted by atomic mass is 16.2. The van der Waals surface area contributed by atoms with Crippen LogP contribution in [-0.4, -0.2) is 49.6 Å². The average molecular weight is 255 g/mol. The van der Waals surface area contributed by atoms with Gasteiger partial charge in [-0.3, -0.25) is 4.79 Å². The van der Waals surface area contributed by atoms with E-state index in [1.54, 1.807) is 0 Å². The smallest absolute Gasteiger partial charge is 0.236 e. The first-order chi connectivity index (χ1) is 8.67. The maximum Gasteiger partial charge on any atom is 0.236 e. The van der Waals surface area contributed by atoms with E-state index in [0.29, 0.717) is 5.92 Å². The lowest BCUT2D eigenvalue weighted by Crippen LogP contribution is -2.44. The molecule has 1 fully saturated rings. The van der Waals surface area contributed by atoms with Gasteiger partial charge in [0.15, 0.2) is 0 Å². The van der Waals surface area contributed by atoms with Crippen molar-refractivity contribution in [3.8, 4) is 0 Å². The van der Waals surface area contributed by atoms with Crippen LogP contribution in [0.2, 0.25) is 0 Å². The van der Waals surface area contributed by atoms with Gasteiger partial charge in [-0.05, 0) is 45.3 Å². The Kier molecular flexibility index (Phi) is 7.28. The van der Waals surface area contributed by atoms with Gasteiger partial charge in [-0.15, -0.1) is 0 Å². The van der Waals surface area contributed by atoms with Gasteiger partial charge in [0, 0.05) is 13.1 Å².